The molecule has 0 aliphatic heterocycles. The van der Waals surface area contributed by atoms with Crippen molar-refractivity contribution in [3.63, 3.8) is 0 Å². The van der Waals surface area contributed by atoms with Gasteiger partial charge in [-0.25, -0.2) is 4.98 Å². The Labute approximate surface area is 432 Å². The average Bonchev–Trinajstić information content (AvgIpc) is 3.99. The standard InChI is InChI=1S/C53H76N12O9/c1-30(2)44(50(73)58-28-43(67)62-40(23-34-27-56-29-59-34)45(68)51(74)61-35(24-52(4,5)6)25-53(7,8)9)65-46(69)31(3)60-49(72)41(22-33-26-57-38-18-14-13-17-36(33)38)64-48(71)39(19-20-42(55)66)63-47(70)37(54)21-32-15-11-10-12-16-32/h10-18,26-27,29-31,35,37,39-41,44,57H,19-25,28,54H2,1-9H3,(H2,55,66)(H,56,59)(H,58,73)(H,60,72)(H,61,74)(H,62,67)(H,63,70)(H,64,71)(H,65,69)/t31-,37-,39-,40-,41-,44-/m0/s1. The first-order chi connectivity index (χ1) is 34.7. The van der Waals surface area contributed by atoms with Crippen LogP contribution in [0, 0.1) is 16.7 Å². The Morgan fingerprint density at radius 2 is 1.27 bits per heavy atom. The van der Waals surface area contributed by atoms with Crippen molar-refractivity contribution in [2.75, 3.05) is 6.54 Å². The van der Waals surface area contributed by atoms with Crippen molar-refractivity contribution >= 4 is 63.9 Å². The number of H-pyrrole nitrogens is 2. The molecule has 2 aromatic heterocycles. The van der Waals surface area contributed by atoms with Gasteiger partial charge >= 0.3 is 0 Å². The van der Waals surface area contributed by atoms with E-state index in [9.17, 15) is 43.2 Å². The molecule has 0 bridgehead atoms. The smallest absolute Gasteiger partial charge is 0.289 e. The van der Waals surface area contributed by atoms with Gasteiger partial charge in [0, 0.05) is 54.3 Å². The van der Waals surface area contributed by atoms with Crippen molar-refractivity contribution in [1.82, 2.24) is 52.2 Å². The number of rotatable bonds is 27. The Bertz CT molecular complexity index is 2550. The van der Waals surface area contributed by atoms with Crippen LogP contribution < -0.4 is 48.7 Å². The van der Waals surface area contributed by atoms with Crippen molar-refractivity contribution in [2.24, 2.45) is 28.2 Å². The van der Waals surface area contributed by atoms with Gasteiger partial charge in [-0.15, -0.1) is 0 Å². The van der Waals surface area contributed by atoms with Gasteiger partial charge in [-0.05, 0) is 66.5 Å². The fourth-order valence-electron chi connectivity index (χ4n) is 8.41. The topological polar surface area (TPSA) is 334 Å². The molecule has 0 aliphatic carbocycles. The zero-order chi connectivity index (χ0) is 54.9. The Hall–Kier alpha value is -7.42. The Kier molecular flexibility index (Phi) is 21.6. The van der Waals surface area contributed by atoms with Crippen molar-refractivity contribution in [1.29, 1.82) is 0 Å². The second kappa shape index (κ2) is 27.0. The number of fused-ring (bicyclic) bond motifs is 1. The monoisotopic (exact) mass is 1020 g/mol. The van der Waals surface area contributed by atoms with Crippen molar-refractivity contribution in [3.05, 3.63) is 90.1 Å². The molecule has 402 valence electrons. The van der Waals surface area contributed by atoms with Crippen LogP contribution in [0.5, 0.6) is 0 Å². The van der Waals surface area contributed by atoms with E-state index in [0.717, 1.165) is 16.5 Å². The molecule has 4 rings (SSSR count). The first kappa shape index (κ1) is 59.1. The summed E-state index contributed by atoms with van der Waals surface area (Å²) in [4.78, 5) is 131. The number of nitrogens with one attached hydrogen (secondary N) is 9. The SMILES string of the molecule is CC(C)[C@H](NC(=O)[C@H](C)NC(=O)[C@H](Cc1c[nH]c2ccccc12)NC(=O)[C@H](CCC(N)=O)NC(=O)[C@@H](N)Cc1ccccc1)C(=O)NCC(=O)N[C@@H](Cc1cnc[nH]1)C(=O)C(=O)NC(CC(C)(C)C)CC(C)(C)C. The van der Waals surface area contributed by atoms with Gasteiger partial charge in [-0.3, -0.25) is 43.2 Å². The van der Waals surface area contributed by atoms with E-state index >= 15 is 0 Å². The zero-order valence-electron chi connectivity index (χ0n) is 44.0. The number of benzene rings is 2. The first-order valence-electron chi connectivity index (χ1n) is 24.9. The van der Waals surface area contributed by atoms with Gasteiger partial charge in [0.05, 0.1) is 18.9 Å². The lowest BCUT2D eigenvalue weighted by atomic mass is 9.80. The highest BCUT2D eigenvalue weighted by Gasteiger charge is 2.35. The molecule has 13 N–H and O–H groups in total. The molecule has 2 aromatic carbocycles. The van der Waals surface area contributed by atoms with Crippen molar-refractivity contribution in [2.45, 2.75) is 150 Å². The van der Waals surface area contributed by atoms with E-state index in [1.807, 2.05) is 65.8 Å². The number of hydrogen-bond donors (Lipinski definition) is 11. The van der Waals surface area contributed by atoms with Gasteiger partial charge < -0.3 is 58.7 Å². The zero-order valence-corrected chi connectivity index (χ0v) is 44.0. The van der Waals surface area contributed by atoms with Gasteiger partial charge in [0.2, 0.25) is 47.1 Å². The molecule has 0 unspecified atom stereocenters. The molecule has 0 saturated heterocycles. The van der Waals surface area contributed by atoms with Crippen LogP contribution in [0.15, 0.2) is 73.3 Å². The molecule has 4 aromatic rings. The Balaban J connectivity index is 1.45. The largest absolute Gasteiger partial charge is 0.370 e. The van der Waals surface area contributed by atoms with Crippen LogP contribution >= 0.6 is 0 Å². The number of nitrogens with two attached hydrogens (primary N) is 2. The molecule has 0 aliphatic rings. The minimum atomic E-state index is -1.34. The summed E-state index contributed by atoms with van der Waals surface area (Å²) in [6.45, 7) is 16.3. The lowest BCUT2D eigenvalue weighted by molar-refractivity contribution is -0.140. The summed E-state index contributed by atoms with van der Waals surface area (Å²) in [5.74, 6) is -7.59. The maximum Gasteiger partial charge on any atom is 0.289 e. The average molecular weight is 1030 g/mol. The molecule has 0 radical (unpaired) electrons. The van der Waals surface area contributed by atoms with Crippen molar-refractivity contribution < 1.29 is 43.2 Å². The van der Waals surface area contributed by atoms with E-state index in [1.54, 1.807) is 50.4 Å². The molecule has 2 heterocycles. The number of hydrogen-bond acceptors (Lipinski definition) is 11. The lowest BCUT2D eigenvalue weighted by Gasteiger charge is -2.32. The number of primary amides is 1. The number of para-hydroxylation sites is 1. The summed E-state index contributed by atoms with van der Waals surface area (Å²) < 4.78 is 0. The first-order valence-corrected chi connectivity index (χ1v) is 24.9. The number of aromatic amines is 2. The highest BCUT2D eigenvalue weighted by Crippen LogP contribution is 2.29. The highest BCUT2D eigenvalue weighted by molar-refractivity contribution is 6.38. The quantitative estimate of drug-likeness (QED) is 0.0382. The fourth-order valence-corrected chi connectivity index (χ4v) is 8.41. The minimum Gasteiger partial charge on any atom is -0.370 e. The Morgan fingerprint density at radius 1 is 0.649 bits per heavy atom. The molecule has 8 amide bonds. The van der Waals surface area contributed by atoms with E-state index in [4.69, 9.17) is 11.5 Å². The predicted octanol–water partition coefficient (Wildman–Crippen LogP) is 1.65. The summed E-state index contributed by atoms with van der Waals surface area (Å²) >= 11 is 0. The summed E-state index contributed by atoms with van der Waals surface area (Å²) in [6.07, 6.45) is 5.26. The number of carbonyl (C=O) groups excluding carboxylic acids is 9. The van der Waals surface area contributed by atoms with Crippen LogP contribution in [-0.2, 0) is 62.4 Å². The number of aromatic nitrogens is 3. The molecule has 21 nitrogen and oxygen atoms in total. The predicted molar refractivity (Wildman–Crippen MR) is 279 cm³/mol. The second-order valence-corrected chi connectivity index (χ2v) is 21.6. The van der Waals surface area contributed by atoms with Crippen LogP contribution in [0.4, 0.5) is 0 Å². The van der Waals surface area contributed by atoms with Crippen LogP contribution in [0.1, 0.15) is 105 Å². The number of Topliss-reactive ketones (excluding diaryl/α,β-unsaturated/α-hetero) is 1. The highest BCUT2D eigenvalue weighted by atomic mass is 16.2. The number of ketones is 1. The molecule has 74 heavy (non-hydrogen) atoms. The lowest BCUT2D eigenvalue weighted by Crippen LogP contribution is -2.59. The van der Waals surface area contributed by atoms with Gasteiger partial charge in [-0.2, -0.15) is 0 Å². The van der Waals surface area contributed by atoms with Gasteiger partial charge in [0.15, 0.2) is 0 Å². The number of amides is 8. The molecule has 0 saturated carbocycles. The summed E-state index contributed by atoms with van der Waals surface area (Å²) in [5.41, 5.74) is 14.0. The van der Waals surface area contributed by atoms with Crippen molar-refractivity contribution in [3.8, 4) is 0 Å². The molecule has 6 atom stereocenters. The molecular formula is C53H76N12O9. The molecule has 0 spiro atoms. The van der Waals surface area contributed by atoms with Gasteiger partial charge in [0.1, 0.15) is 30.2 Å². The summed E-state index contributed by atoms with van der Waals surface area (Å²) in [7, 11) is 0. The summed E-state index contributed by atoms with van der Waals surface area (Å²) in [6, 6.07) is 8.44. The third-order valence-electron chi connectivity index (χ3n) is 12.0. The van der Waals surface area contributed by atoms with Gasteiger partial charge in [0.25, 0.3) is 5.91 Å². The van der Waals surface area contributed by atoms with E-state index in [-0.39, 0.29) is 49.0 Å². The third kappa shape index (κ3) is 19.5. The van der Waals surface area contributed by atoms with Gasteiger partial charge in [-0.1, -0.05) is 104 Å². The van der Waals surface area contributed by atoms with Crippen LogP contribution in [0.25, 0.3) is 10.9 Å². The maximum atomic E-state index is 14.2. The van der Waals surface area contributed by atoms with E-state index in [0.29, 0.717) is 24.1 Å². The summed E-state index contributed by atoms with van der Waals surface area (Å²) in [5, 5.41) is 19.3. The van der Waals surface area contributed by atoms with E-state index < -0.39 is 102 Å². The number of carbonyl (C=O) groups is 9. The molecule has 0 fully saturated rings. The Morgan fingerprint density at radius 3 is 1.88 bits per heavy atom. The number of nitrogens with zero attached hydrogens (tertiary/aromatic N) is 1. The fraction of sp³-hybridized carbons (Fsp3) is 0.509. The minimum absolute atomic E-state index is 0.0764. The van der Waals surface area contributed by atoms with Crippen LogP contribution in [0.2, 0.25) is 0 Å². The third-order valence-corrected chi connectivity index (χ3v) is 12.0. The molecule has 21 heteroatoms. The van der Waals surface area contributed by atoms with Crippen LogP contribution in [-0.4, -0.2) is 117 Å². The second-order valence-electron chi connectivity index (χ2n) is 21.6. The van der Waals surface area contributed by atoms with E-state index in [2.05, 4.69) is 52.2 Å². The van der Waals surface area contributed by atoms with Crippen LogP contribution in [0.3, 0.4) is 0 Å². The number of imidazole rings is 1. The molecular weight excluding hydrogens is 949 g/mol. The van der Waals surface area contributed by atoms with E-state index in [1.165, 1.54) is 19.4 Å². The normalized spacial score (nSPS) is 14.2. The maximum absolute atomic E-state index is 14.2.